The van der Waals surface area contributed by atoms with E-state index in [1.54, 1.807) is 0 Å². The van der Waals surface area contributed by atoms with Crippen LogP contribution in [0.15, 0.2) is 66.7 Å². The Morgan fingerprint density at radius 1 is 0.703 bits per heavy atom. The third-order valence-electron chi connectivity index (χ3n) is 5.96. The first-order valence-electron chi connectivity index (χ1n) is 10.2. The zero-order valence-corrected chi connectivity index (χ0v) is 18.2. The summed E-state index contributed by atoms with van der Waals surface area (Å²) >= 11 is 0. The largest absolute Gasteiger partial charge is 0.500 e. The molecule has 4 rings (SSSR count). The number of nitro benzene ring substituents is 2. The molecule has 2 N–H and O–H groups in total. The normalized spacial score (nSPS) is 12.0. The highest BCUT2D eigenvalue weighted by atomic mass is 19.4. The first-order chi connectivity index (χ1) is 17.3. The highest BCUT2D eigenvalue weighted by Gasteiger charge is 2.60. The van der Waals surface area contributed by atoms with Gasteiger partial charge in [-0.2, -0.15) is 13.2 Å². The summed E-state index contributed by atoms with van der Waals surface area (Å²) in [6.45, 7) is 0. The maximum absolute atomic E-state index is 15.4. The average molecular weight is 520 g/mol. The second-order valence-electron chi connectivity index (χ2n) is 7.94. The fourth-order valence-electron chi connectivity index (χ4n) is 4.39. The summed E-state index contributed by atoms with van der Waals surface area (Å²) in [6, 6.07) is 10.1. The van der Waals surface area contributed by atoms with Gasteiger partial charge in [-0.1, -0.05) is 42.5 Å². The maximum Gasteiger partial charge on any atom is 0.406 e. The van der Waals surface area contributed by atoms with Crippen LogP contribution in [0.25, 0.3) is 10.8 Å². The third-order valence-corrected chi connectivity index (χ3v) is 5.96. The molecule has 0 radical (unpaired) electrons. The van der Waals surface area contributed by atoms with Crippen molar-refractivity contribution in [1.82, 2.24) is 0 Å². The van der Waals surface area contributed by atoms with Gasteiger partial charge >= 0.3 is 17.6 Å². The lowest BCUT2D eigenvalue weighted by Gasteiger charge is -2.38. The summed E-state index contributed by atoms with van der Waals surface area (Å²) in [5, 5.41) is 42.6. The van der Waals surface area contributed by atoms with Gasteiger partial charge in [0, 0.05) is 12.1 Å². The van der Waals surface area contributed by atoms with E-state index in [1.165, 1.54) is 36.4 Å². The van der Waals surface area contributed by atoms with E-state index >= 15 is 13.2 Å². The predicted octanol–water partition coefficient (Wildman–Crippen LogP) is 6.24. The molecule has 37 heavy (non-hydrogen) atoms. The number of fused-ring (bicyclic) bond motifs is 1. The van der Waals surface area contributed by atoms with Crippen LogP contribution < -0.4 is 0 Å². The molecule has 0 aliphatic heterocycles. The summed E-state index contributed by atoms with van der Waals surface area (Å²) < 4.78 is 75.5. The molecule has 0 saturated carbocycles. The van der Waals surface area contributed by atoms with E-state index < -0.39 is 72.6 Å². The van der Waals surface area contributed by atoms with Crippen molar-refractivity contribution in [2.45, 2.75) is 11.6 Å². The number of hydrogen-bond acceptors (Lipinski definition) is 6. The van der Waals surface area contributed by atoms with Gasteiger partial charge in [-0.15, -0.1) is 0 Å². The molecular weight excluding hydrogens is 507 g/mol. The molecule has 0 saturated heterocycles. The second-order valence-corrected chi connectivity index (χ2v) is 7.94. The number of hydrogen-bond donors (Lipinski definition) is 2. The second kappa shape index (κ2) is 8.69. The van der Waals surface area contributed by atoms with Gasteiger partial charge in [0.05, 0.1) is 9.85 Å². The van der Waals surface area contributed by atoms with Gasteiger partial charge in [0.15, 0.2) is 11.6 Å². The van der Waals surface area contributed by atoms with Crippen LogP contribution in [-0.2, 0) is 5.41 Å². The zero-order valence-electron chi connectivity index (χ0n) is 18.2. The zero-order chi connectivity index (χ0) is 27.3. The van der Waals surface area contributed by atoms with Crippen molar-refractivity contribution in [2.75, 3.05) is 0 Å². The summed E-state index contributed by atoms with van der Waals surface area (Å²) in [5.41, 5.74) is -9.49. The summed E-state index contributed by atoms with van der Waals surface area (Å²) in [7, 11) is 0. The van der Waals surface area contributed by atoms with Crippen molar-refractivity contribution in [3.8, 4) is 11.5 Å². The quantitative estimate of drug-likeness (QED) is 0.139. The van der Waals surface area contributed by atoms with Crippen LogP contribution in [0, 0.1) is 31.9 Å². The lowest BCUT2D eigenvalue weighted by molar-refractivity contribution is -0.386. The lowest BCUT2D eigenvalue weighted by atomic mass is 9.67. The summed E-state index contributed by atoms with van der Waals surface area (Å²) in [5.74, 6) is -6.64. The monoisotopic (exact) mass is 520 g/mol. The van der Waals surface area contributed by atoms with Crippen LogP contribution in [0.3, 0.4) is 0 Å². The molecule has 0 spiro atoms. The van der Waals surface area contributed by atoms with Crippen molar-refractivity contribution < 1.29 is 42.0 Å². The molecule has 0 aliphatic rings. The number of nitrogens with zero attached hydrogens (tertiary/aromatic N) is 2. The van der Waals surface area contributed by atoms with E-state index in [4.69, 9.17) is 0 Å². The maximum atomic E-state index is 15.4. The van der Waals surface area contributed by atoms with Crippen molar-refractivity contribution in [3.05, 3.63) is 115 Å². The minimum Gasteiger partial charge on any atom is -0.500 e. The third kappa shape index (κ3) is 3.84. The topological polar surface area (TPSA) is 127 Å². The molecule has 4 aromatic carbocycles. The molecular formula is C24H13F5N2O6. The van der Waals surface area contributed by atoms with Crippen LogP contribution >= 0.6 is 0 Å². The number of phenolic OH excluding ortho intramolecular Hbond substituents is 2. The molecule has 8 nitrogen and oxygen atoms in total. The van der Waals surface area contributed by atoms with Crippen LogP contribution in [0.5, 0.6) is 11.5 Å². The van der Waals surface area contributed by atoms with Gasteiger partial charge in [0.25, 0.3) is 0 Å². The fourth-order valence-corrected chi connectivity index (χ4v) is 4.39. The Morgan fingerprint density at radius 2 is 1.16 bits per heavy atom. The SMILES string of the molecule is O=[N+]([O-])c1cc(C(c2cc(F)c(O)c([N+](=O)[O-])c2)(c2cccc3ccccc23)C(F)(F)F)cc(F)c1O. The lowest BCUT2D eigenvalue weighted by Crippen LogP contribution is -2.45. The molecule has 4 aromatic rings. The number of alkyl halides is 3. The van der Waals surface area contributed by atoms with E-state index in [0.29, 0.717) is 0 Å². The molecule has 0 atom stereocenters. The summed E-state index contributed by atoms with van der Waals surface area (Å²) in [4.78, 5) is 20.3. The number of rotatable bonds is 5. The molecule has 0 aliphatic carbocycles. The number of phenols is 2. The van der Waals surface area contributed by atoms with E-state index in [1.807, 2.05) is 0 Å². The summed E-state index contributed by atoms with van der Waals surface area (Å²) in [6.07, 6.45) is -5.54. The van der Waals surface area contributed by atoms with Gasteiger partial charge in [0.1, 0.15) is 5.41 Å². The fraction of sp³-hybridized carbons (Fsp3) is 0.0833. The Labute approximate surface area is 203 Å². The van der Waals surface area contributed by atoms with E-state index in [9.17, 15) is 39.2 Å². The van der Waals surface area contributed by atoms with Crippen molar-refractivity contribution >= 4 is 22.1 Å². The van der Waals surface area contributed by atoms with E-state index in [2.05, 4.69) is 0 Å². The predicted molar refractivity (Wildman–Crippen MR) is 119 cm³/mol. The minimum atomic E-state index is -5.54. The number of aromatic hydroxyl groups is 2. The van der Waals surface area contributed by atoms with E-state index in [0.717, 1.165) is 6.07 Å². The Hall–Kier alpha value is -4.81. The van der Waals surface area contributed by atoms with E-state index in [-0.39, 0.29) is 35.0 Å². The molecule has 0 fully saturated rings. The van der Waals surface area contributed by atoms with Crippen LogP contribution in [0.2, 0.25) is 0 Å². The van der Waals surface area contributed by atoms with Crippen LogP contribution in [-0.4, -0.2) is 26.2 Å². The van der Waals surface area contributed by atoms with Gasteiger partial charge in [-0.25, -0.2) is 8.78 Å². The smallest absolute Gasteiger partial charge is 0.406 e. The molecule has 0 unspecified atom stereocenters. The van der Waals surface area contributed by atoms with Crippen molar-refractivity contribution in [1.29, 1.82) is 0 Å². The first-order valence-corrected chi connectivity index (χ1v) is 10.2. The van der Waals surface area contributed by atoms with Crippen molar-refractivity contribution in [2.24, 2.45) is 0 Å². The molecule has 0 heterocycles. The highest BCUT2D eigenvalue weighted by Crippen LogP contribution is 2.55. The van der Waals surface area contributed by atoms with Crippen molar-refractivity contribution in [3.63, 3.8) is 0 Å². The minimum absolute atomic E-state index is 0.0883. The molecule has 13 heteroatoms. The van der Waals surface area contributed by atoms with Crippen LogP contribution in [0.1, 0.15) is 16.7 Å². The number of halogens is 5. The van der Waals surface area contributed by atoms with Gasteiger partial charge in [-0.05, 0) is 39.6 Å². The Bertz CT molecular complexity index is 1510. The standard InChI is InChI=1S/C24H13F5N2O6/c25-17-8-13(10-19(21(17)32)30(34)35)23(24(27,28)29,14-9-18(26)22(33)20(11-14)31(36)37)16-7-3-5-12-4-1-2-6-15(12)16/h1-11,32-33H. The molecule has 0 bridgehead atoms. The van der Waals surface area contributed by atoms with Gasteiger partial charge in [-0.3, -0.25) is 20.2 Å². The first kappa shape index (κ1) is 25.3. The van der Waals surface area contributed by atoms with Crippen LogP contribution in [0.4, 0.5) is 33.3 Å². The molecule has 190 valence electrons. The Balaban J connectivity index is 2.32. The average Bonchev–Trinajstić information content (AvgIpc) is 2.82. The highest BCUT2D eigenvalue weighted by molar-refractivity contribution is 5.88. The Morgan fingerprint density at radius 3 is 1.62 bits per heavy atom. The Kier molecular flexibility index (Phi) is 5.94. The number of nitro groups is 2. The van der Waals surface area contributed by atoms with Gasteiger partial charge < -0.3 is 10.2 Å². The molecule has 0 aromatic heterocycles. The van der Waals surface area contributed by atoms with Gasteiger partial charge in [0.2, 0.25) is 11.5 Å². The molecule has 0 amide bonds. The number of benzene rings is 4.